The van der Waals surface area contributed by atoms with Gasteiger partial charge in [0.05, 0.1) is 12.2 Å². The van der Waals surface area contributed by atoms with E-state index in [1.807, 2.05) is 23.6 Å². The Balaban J connectivity index is 1.43. The molecule has 4 aromatic rings. The topological polar surface area (TPSA) is 88.4 Å². The summed E-state index contributed by atoms with van der Waals surface area (Å²) in [5, 5.41) is 12.1. The van der Waals surface area contributed by atoms with E-state index >= 15 is 0 Å². The van der Waals surface area contributed by atoms with E-state index in [-0.39, 0.29) is 18.4 Å². The first-order chi connectivity index (χ1) is 13.6. The highest BCUT2D eigenvalue weighted by molar-refractivity contribution is 7.15. The Morgan fingerprint density at radius 2 is 1.82 bits per heavy atom. The molecule has 2 aromatic carbocycles. The number of hydrogen-bond donors (Lipinski definition) is 2. The van der Waals surface area contributed by atoms with E-state index in [0.29, 0.717) is 15.5 Å². The van der Waals surface area contributed by atoms with Gasteiger partial charge in [0.15, 0.2) is 0 Å². The molecule has 0 aliphatic heterocycles. The second kappa shape index (κ2) is 7.79. The number of aromatic nitrogens is 3. The van der Waals surface area contributed by atoms with Crippen molar-refractivity contribution in [1.82, 2.24) is 19.9 Å². The number of fused-ring (bicyclic) bond motifs is 1. The van der Waals surface area contributed by atoms with Gasteiger partial charge >= 0.3 is 0 Å². The minimum absolute atomic E-state index is 0.176. The second-order valence-corrected chi connectivity index (χ2v) is 7.13. The summed E-state index contributed by atoms with van der Waals surface area (Å²) >= 11 is 7.35. The van der Waals surface area contributed by atoms with E-state index in [2.05, 4.69) is 20.7 Å². The normalized spacial score (nSPS) is 10.8. The van der Waals surface area contributed by atoms with Crippen LogP contribution in [0.25, 0.3) is 16.2 Å². The van der Waals surface area contributed by atoms with Gasteiger partial charge in [-0.1, -0.05) is 41.9 Å². The van der Waals surface area contributed by atoms with Crippen LogP contribution < -0.4 is 10.6 Å². The van der Waals surface area contributed by atoms with Crippen molar-refractivity contribution in [2.24, 2.45) is 0 Å². The number of thiazole rings is 1. The molecule has 0 aliphatic carbocycles. The average molecular weight is 412 g/mol. The lowest BCUT2D eigenvalue weighted by atomic mass is 10.2. The highest BCUT2D eigenvalue weighted by atomic mass is 35.5. The van der Waals surface area contributed by atoms with Crippen LogP contribution in [0.4, 0.5) is 5.95 Å². The Hall–Kier alpha value is -3.23. The molecule has 28 heavy (non-hydrogen) atoms. The number of anilines is 1. The van der Waals surface area contributed by atoms with E-state index in [0.717, 1.165) is 11.3 Å². The van der Waals surface area contributed by atoms with E-state index in [9.17, 15) is 9.59 Å². The zero-order chi connectivity index (χ0) is 19.5. The predicted octanol–water partition coefficient (Wildman–Crippen LogP) is 3.48. The van der Waals surface area contributed by atoms with Gasteiger partial charge in [-0.2, -0.15) is 4.98 Å². The third-order valence-corrected chi connectivity index (χ3v) is 4.99. The maximum absolute atomic E-state index is 12.1. The fourth-order valence-electron chi connectivity index (χ4n) is 2.57. The van der Waals surface area contributed by atoms with Crippen molar-refractivity contribution in [3.8, 4) is 11.3 Å². The number of benzene rings is 2. The second-order valence-electron chi connectivity index (χ2n) is 5.85. The number of halogens is 1. The summed E-state index contributed by atoms with van der Waals surface area (Å²) in [5.74, 6) is -0.545. The zero-order valence-corrected chi connectivity index (χ0v) is 16.0. The molecule has 0 bridgehead atoms. The molecule has 0 spiro atoms. The molecule has 2 amide bonds. The van der Waals surface area contributed by atoms with Gasteiger partial charge in [-0.15, -0.1) is 16.4 Å². The summed E-state index contributed by atoms with van der Waals surface area (Å²) in [5.41, 5.74) is 2.28. The fourth-order valence-corrected chi connectivity index (χ4v) is 3.53. The first-order valence-electron chi connectivity index (χ1n) is 8.33. The molecule has 0 aliphatic rings. The van der Waals surface area contributed by atoms with Gasteiger partial charge in [-0.05, 0) is 24.3 Å². The Bertz CT molecular complexity index is 1140. The largest absolute Gasteiger partial charge is 0.343 e. The smallest absolute Gasteiger partial charge is 0.251 e. The van der Waals surface area contributed by atoms with Gasteiger partial charge < -0.3 is 5.32 Å². The Labute approximate surface area is 169 Å². The van der Waals surface area contributed by atoms with Crippen LogP contribution in [-0.2, 0) is 4.79 Å². The van der Waals surface area contributed by atoms with Crippen LogP contribution in [-0.4, -0.2) is 33.0 Å². The summed E-state index contributed by atoms with van der Waals surface area (Å²) in [6, 6.07) is 16.1. The van der Waals surface area contributed by atoms with Gasteiger partial charge in [0.2, 0.25) is 10.9 Å². The molecule has 0 unspecified atom stereocenters. The maximum atomic E-state index is 12.1. The lowest BCUT2D eigenvalue weighted by Crippen LogP contribution is -2.33. The molecule has 9 heteroatoms. The molecule has 7 nitrogen and oxygen atoms in total. The van der Waals surface area contributed by atoms with Crippen molar-refractivity contribution in [3.05, 3.63) is 70.6 Å². The molecule has 0 atom stereocenters. The molecular formula is C19H14ClN5O2S. The Morgan fingerprint density at radius 3 is 2.57 bits per heavy atom. The van der Waals surface area contributed by atoms with E-state index in [4.69, 9.17) is 11.6 Å². The third kappa shape index (κ3) is 3.88. The lowest BCUT2D eigenvalue weighted by Gasteiger charge is -2.04. The van der Waals surface area contributed by atoms with Crippen molar-refractivity contribution in [1.29, 1.82) is 0 Å². The van der Waals surface area contributed by atoms with Crippen molar-refractivity contribution in [2.45, 2.75) is 0 Å². The van der Waals surface area contributed by atoms with Gasteiger partial charge in [-0.3, -0.25) is 14.9 Å². The Morgan fingerprint density at radius 1 is 1.07 bits per heavy atom. The highest BCUT2D eigenvalue weighted by Crippen LogP contribution is 2.26. The van der Waals surface area contributed by atoms with Crippen molar-refractivity contribution >= 4 is 45.7 Å². The van der Waals surface area contributed by atoms with Crippen LogP contribution in [0.15, 0.2) is 60.0 Å². The van der Waals surface area contributed by atoms with Gasteiger partial charge in [0.25, 0.3) is 11.9 Å². The molecule has 140 valence electrons. The fraction of sp³-hybridized carbons (Fsp3) is 0.0526. The van der Waals surface area contributed by atoms with Crippen LogP contribution in [0.3, 0.4) is 0 Å². The number of hydrogen-bond acceptors (Lipinski definition) is 5. The van der Waals surface area contributed by atoms with Gasteiger partial charge in [-0.25, -0.2) is 4.52 Å². The van der Waals surface area contributed by atoms with Crippen LogP contribution in [0.5, 0.6) is 0 Å². The molecule has 2 N–H and O–H groups in total. The van der Waals surface area contributed by atoms with Gasteiger partial charge in [0, 0.05) is 21.5 Å². The number of nitrogens with zero attached hydrogens (tertiary/aromatic N) is 3. The zero-order valence-electron chi connectivity index (χ0n) is 14.4. The van der Waals surface area contributed by atoms with Crippen LogP contribution >= 0.6 is 22.9 Å². The first kappa shape index (κ1) is 18.1. The number of rotatable bonds is 5. The van der Waals surface area contributed by atoms with Crippen molar-refractivity contribution < 1.29 is 9.59 Å². The monoisotopic (exact) mass is 411 g/mol. The Kier molecular flexibility index (Phi) is 5.05. The van der Waals surface area contributed by atoms with Crippen molar-refractivity contribution in [2.75, 3.05) is 11.9 Å². The van der Waals surface area contributed by atoms with Crippen LogP contribution in [0.2, 0.25) is 5.02 Å². The van der Waals surface area contributed by atoms with E-state index < -0.39 is 5.91 Å². The molecule has 2 heterocycles. The number of carbonyl (C=O) groups excluding carboxylic acids is 2. The lowest BCUT2D eigenvalue weighted by molar-refractivity contribution is -0.115. The van der Waals surface area contributed by atoms with Gasteiger partial charge in [0.1, 0.15) is 0 Å². The first-order valence-corrected chi connectivity index (χ1v) is 9.59. The number of carbonyl (C=O) groups is 2. The summed E-state index contributed by atoms with van der Waals surface area (Å²) in [6.07, 6.45) is 0. The molecule has 0 saturated heterocycles. The molecular weight excluding hydrogens is 398 g/mol. The summed E-state index contributed by atoms with van der Waals surface area (Å²) in [6.45, 7) is -0.176. The molecule has 2 aromatic heterocycles. The molecule has 0 saturated carbocycles. The van der Waals surface area contributed by atoms with Crippen LogP contribution in [0, 0.1) is 0 Å². The average Bonchev–Trinajstić information content (AvgIpc) is 3.28. The summed E-state index contributed by atoms with van der Waals surface area (Å²) in [7, 11) is 0. The van der Waals surface area contributed by atoms with E-state index in [1.165, 1.54) is 11.3 Å². The third-order valence-electron chi connectivity index (χ3n) is 3.92. The number of nitrogens with one attached hydrogen (secondary N) is 2. The summed E-state index contributed by atoms with van der Waals surface area (Å²) < 4.78 is 1.66. The standard InChI is InChI=1S/C19H14ClN5O2S/c20-14-8-6-12(7-9-14)15-11-28-19-23-18(24-25(15)19)22-16(26)10-21-17(27)13-4-2-1-3-5-13/h1-9,11H,10H2,(H,21,27)(H,22,24,26). The number of amides is 2. The minimum atomic E-state index is -0.407. The SMILES string of the molecule is O=C(CNC(=O)c1ccccc1)Nc1nc2scc(-c3ccc(Cl)cc3)n2n1. The predicted molar refractivity (Wildman–Crippen MR) is 109 cm³/mol. The van der Waals surface area contributed by atoms with Crippen molar-refractivity contribution in [3.63, 3.8) is 0 Å². The molecule has 4 rings (SSSR count). The summed E-state index contributed by atoms with van der Waals surface area (Å²) in [4.78, 5) is 29.1. The molecule has 0 fully saturated rings. The van der Waals surface area contributed by atoms with Crippen LogP contribution in [0.1, 0.15) is 10.4 Å². The minimum Gasteiger partial charge on any atom is -0.343 e. The quantitative estimate of drug-likeness (QED) is 0.526. The maximum Gasteiger partial charge on any atom is 0.251 e. The highest BCUT2D eigenvalue weighted by Gasteiger charge is 2.14. The molecule has 0 radical (unpaired) electrons. The van der Waals surface area contributed by atoms with E-state index in [1.54, 1.807) is 40.9 Å².